The minimum atomic E-state index is -0.273. The fourth-order valence-corrected chi connectivity index (χ4v) is 0.650. The zero-order valence-electron chi connectivity index (χ0n) is 4.76. The molecule has 0 aromatic rings. The zero-order chi connectivity index (χ0) is 6.15. The van der Waals surface area contributed by atoms with Gasteiger partial charge in [0.1, 0.15) is 6.10 Å². The van der Waals surface area contributed by atoms with Crippen LogP contribution in [0.3, 0.4) is 0 Å². The summed E-state index contributed by atoms with van der Waals surface area (Å²) in [5.41, 5.74) is 0. The number of amides is 1. The second-order valence-electron chi connectivity index (χ2n) is 1.89. The van der Waals surface area contributed by atoms with Gasteiger partial charge in [-0.15, -0.1) is 0 Å². The lowest BCUT2D eigenvalue weighted by Crippen LogP contribution is -2.18. The van der Waals surface area contributed by atoms with Crippen molar-refractivity contribution in [3.05, 3.63) is 6.92 Å². The largest absolute Gasteiger partial charge is 0.444 e. The van der Waals surface area contributed by atoms with Crippen LogP contribution in [0.15, 0.2) is 0 Å². The second kappa shape index (κ2) is 1.65. The van der Waals surface area contributed by atoms with Gasteiger partial charge in [0.05, 0.1) is 6.54 Å². The molecule has 0 aliphatic carbocycles. The standard InChI is InChI=1S/C5H8NO2/c1-4-3-6(2)5(7)8-4/h4H,1,3H2,2H3. The summed E-state index contributed by atoms with van der Waals surface area (Å²) in [6.45, 7) is 4.16. The van der Waals surface area contributed by atoms with Gasteiger partial charge in [0.2, 0.25) is 0 Å². The summed E-state index contributed by atoms with van der Waals surface area (Å²) < 4.78 is 4.65. The van der Waals surface area contributed by atoms with Gasteiger partial charge in [-0.25, -0.2) is 4.79 Å². The van der Waals surface area contributed by atoms with E-state index in [1.807, 2.05) is 0 Å². The van der Waals surface area contributed by atoms with E-state index < -0.39 is 0 Å². The Hall–Kier alpha value is -0.730. The molecule has 1 atom stereocenters. The highest BCUT2D eigenvalue weighted by Crippen LogP contribution is 2.05. The average Bonchev–Trinajstić information content (AvgIpc) is 1.85. The van der Waals surface area contributed by atoms with E-state index in [-0.39, 0.29) is 12.2 Å². The molecule has 1 heterocycles. The number of carbonyl (C=O) groups excluding carboxylic acids is 1. The lowest BCUT2D eigenvalue weighted by Gasteiger charge is -1.99. The summed E-state index contributed by atoms with van der Waals surface area (Å²) in [7, 11) is 1.69. The van der Waals surface area contributed by atoms with Gasteiger partial charge in [0, 0.05) is 7.05 Å². The highest BCUT2D eigenvalue weighted by Gasteiger charge is 2.23. The predicted octanol–water partition coefficient (Wildman–Crippen LogP) is 0.271. The predicted molar refractivity (Wildman–Crippen MR) is 28.3 cm³/mol. The van der Waals surface area contributed by atoms with Gasteiger partial charge in [0.15, 0.2) is 0 Å². The van der Waals surface area contributed by atoms with Gasteiger partial charge in [-0.3, -0.25) is 0 Å². The molecule has 1 saturated heterocycles. The van der Waals surface area contributed by atoms with Crippen LogP contribution < -0.4 is 0 Å². The van der Waals surface area contributed by atoms with E-state index in [4.69, 9.17) is 0 Å². The van der Waals surface area contributed by atoms with E-state index in [1.54, 1.807) is 7.05 Å². The molecule has 0 saturated carbocycles. The molecule has 0 spiro atoms. The van der Waals surface area contributed by atoms with Gasteiger partial charge < -0.3 is 9.64 Å². The van der Waals surface area contributed by atoms with Crippen LogP contribution in [0.2, 0.25) is 0 Å². The minimum absolute atomic E-state index is 0.174. The molecule has 45 valence electrons. The molecule has 1 aliphatic heterocycles. The first-order chi connectivity index (χ1) is 3.70. The number of likely N-dealkylation sites (N-methyl/N-ethyl adjacent to an activating group) is 1. The monoisotopic (exact) mass is 114 g/mol. The van der Waals surface area contributed by atoms with Crippen molar-refractivity contribution < 1.29 is 9.53 Å². The number of nitrogens with zero attached hydrogens (tertiary/aromatic N) is 1. The molecular weight excluding hydrogens is 106 g/mol. The van der Waals surface area contributed by atoms with E-state index in [0.717, 1.165) is 0 Å². The number of hydrogen-bond donors (Lipinski definition) is 0. The van der Waals surface area contributed by atoms with Crippen molar-refractivity contribution in [3.8, 4) is 0 Å². The molecule has 0 bridgehead atoms. The van der Waals surface area contributed by atoms with Gasteiger partial charge in [-0.2, -0.15) is 0 Å². The summed E-state index contributed by atoms with van der Waals surface area (Å²) in [5.74, 6) is 0. The van der Waals surface area contributed by atoms with Crippen LogP contribution in [-0.2, 0) is 4.74 Å². The third-order valence-corrected chi connectivity index (χ3v) is 1.06. The molecule has 0 aromatic heterocycles. The van der Waals surface area contributed by atoms with Crippen molar-refractivity contribution in [1.29, 1.82) is 0 Å². The molecule has 8 heavy (non-hydrogen) atoms. The van der Waals surface area contributed by atoms with Crippen molar-refractivity contribution in [2.24, 2.45) is 0 Å². The number of hydrogen-bond acceptors (Lipinski definition) is 2. The van der Waals surface area contributed by atoms with Crippen LogP contribution in [0, 0.1) is 6.92 Å². The fraction of sp³-hybridized carbons (Fsp3) is 0.600. The van der Waals surface area contributed by atoms with Crippen molar-refractivity contribution in [2.75, 3.05) is 13.6 Å². The molecule has 1 unspecified atom stereocenters. The number of rotatable bonds is 0. The van der Waals surface area contributed by atoms with E-state index in [0.29, 0.717) is 6.54 Å². The highest BCUT2D eigenvalue weighted by molar-refractivity contribution is 5.69. The Balaban J connectivity index is 2.51. The Labute approximate surface area is 48.2 Å². The molecule has 1 rings (SSSR count). The summed E-state index contributed by atoms with van der Waals surface area (Å²) in [5, 5.41) is 0. The number of cyclic esters (lactones) is 1. The Morgan fingerprint density at radius 3 is 2.75 bits per heavy atom. The summed E-state index contributed by atoms with van der Waals surface area (Å²) in [4.78, 5) is 11.9. The first-order valence-corrected chi connectivity index (χ1v) is 2.45. The smallest absolute Gasteiger partial charge is 0.409 e. The Kier molecular flexibility index (Phi) is 1.12. The van der Waals surface area contributed by atoms with Crippen molar-refractivity contribution >= 4 is 6.09 Å². The summed E-state index contributed by atoms with van der Waals surface area (Å²) in [6, 6.07) is 0. The van der Waals surface area contributed by atoms with E-state index in [2.05, 4.69) is 11.7 Å². The average molecular weight is 114 g/mol. The third kappa shape index (κ3) is 0.757. The van der Waals surface area contributed by atoms with Crippen molar-refractivity contribution in [3.63, 3.8) is 0 Å². The molecule has 0 N–H and O–H groups in total. The van der Waals surface area contributed by atoms with Crippen LogP contribution in [0.1, 0.15) is 0 Å². The topological polar surface area (TPSA) is 29.5 Å². The van der Waals surface area contributed by atoms with Crippen LogP contribution in [0.4, 0.5) is 4.79 Å². The normalized spacial score (nSPS) is 28.5. The third-order valence-electron chi connectivity index (χ3n) is 1.06. The Bertz CT molecular complexity index is 113. The maximum absolute atomic E-state index is 10.4. The van der Waals surface area contributed by atoms with Gasteiger partial charge in [-0.1, -0.05) is 0 Å². The Morgan fingerprint density at radius 1 is 2.00 bits per heavy atom. The van der Waals surface area contributed by atoms with Crippen molar-refractivity contribution in [2.45, 2.75) is 6.10 Å². The molecule has 1 aliphatic rings. The highest BCUT2D eigenvalue weighted by atomic mass is 16.6. The van der Waals surface area contributed by atoms with Crippen molar-refractivity contribution in [1.82, 2.24) is 4.90 Å². The van der Waals surface area contributed by atoms with Gasteiger partial charge in [0.25, 0.3) is 0 Å². The molecular formula is C5H8NO2. The van der Waals surface area contributed by atoms with E-state index in [9.17, 15) is 4.79 Å². The summed E-state index contributed by atoms with van der Waals surface area (Å²) in [6.07, 6.45) is -0.447. The van der Waals surface area contributed by atoms with Crippen LogP contribution in [0.25, 0.3) is 0 Å². The zero-order valence-corrected chi connectivity index (χ0v) is 4.76. The fourth-order valence-electron chi connectivity index (χ4n) is 0.650. The van der Waals surface area contributed by atoms with E-state index in [1.165, 1.54) is 4.90 Å². The molecule has 3 heteroatoms. The number of ether oxygens (including phenoxy) is 1. The summed E-state index contributed by atoms with van der Waals surface area (Å²) >= 11 is 0. The maximum atomic E-state index is 10.4. The molecule has 1 amide bonds. The second-order valence-corrected chi connectivity index (χ2v) is 1.89. The molecule has 3 nitrogen and oxygen atoms in total. The number of carbonyl (C=O) groups is 1. The quantitative estimate of drug-likeness (QED) is 0.452. The van der Waals surface area contributed by atoms with Gasteiger partial charge in [-0.05, 0) is 6.92 Å². The van der Waals surface area contributed by atoms with Gasteiger partial charge >= 0.3 is 6.09 Å². The van der Waals surface area contributed by atoms with Crippen LogP contribution >= 0.6 is 0 Å². The Morgan fingerprint density at radius 2 is 2.62 bits per heavy atom. The lowest BCUT2D eigenvalue weighted by molar-refractivity contribution is 0.148. The first-order valence-electron chi connectivity index (χ1n) is 2.45. The first kappa shape index (κ1) is 5.41. The van der Waals surface area contributed by atoms with Crippen LogP contribution in [-0.4, -0.2) is 30.7 Å². The molecule has 0 aromatic carbocycles. The SMILES string of the molecule is [CH2]C1CN(C)C(=O)O1. The minimum Gasteiger partial charge on any atom is -0.444 e. The van der Waals surface area contributed by atoms with E-state index >= 15 is 0 Å². The molecule has 1 fully saturated rings. The lowest BCUT2D eigenvalue weighted by atomic mass is 10.4. The maximum Gasteiger partial charge on any atom is 0.409 e. The van der Waals surface area contributed by atoms with Crippen LogP contribution in [0.5, 0.6) is 0 Å². The molecule has 1 radical (unpaired) electrons.